The van der Waals surface area contributed by atoms with Crippen molar-refractivity contribution < 1.29 is 19.4 Å². The molecule has 94 valence electrons. The first-order chi connectivity index (χ1) is 7.91. The second-order valence-corrected chi connectivity index (χ2v) is 4.36. The number of carbonyl (C=O) groups is 1. The number of carbonyl (C=O) groups excluding carboxylic acids is 1. The standard InChI is InChI=1S/C11H13ClFNO3/c1-11(5-15,6-16)14-10(17)8-3-2-7(13)4-9(8)12/h2-4,15-16H,5-6H2,1H3,(H,14,17). The molecule has 0 aromatic heterocycles. The third-order valence-electron chi connectivity index (χ3n) is 2.29. The largest absolute Gasteiger partial charge is 0.394 e. The molecule has 17 heavy (non-hydrogen) atoms. The minimum absolute atomic E-state index is 0.0271. The minimum Gasteiger partial charge on any atom is -0.394 e. The number of aliphatic hydroxyl groups excluding tert-OH is 2. The van der Waals surface area contributed by atoms with Crippen LogP contribution in [-0.4, -0.2) is 34.9 Å². The van der Waals surface area contributed by atoms with Crippen LogP contribution >= 0.6 is 11.6 Å². The molecule has 1 aromatic rings. The van der Waals surface area contributed by atoms with Crippen molar-refractivity contribution in [2.24, 2.45) is 0 Å². The van der Waals surface area contributed by atoms with E-state index in [9.17, 15) is 9.18 Å². The topological polar surface area (TPSA) is 69.6 Å². The summed E-state index contributed by atoms with van der Waals surface area (Å²) in [6.07, 6.45) is 0. The fourth-order valence-electron chi connectivity index (χ4n) is 1.14. The van der Waals surface area contributed by atoms with E-state index in [2.05, 4.69) is 5.32 Å². The van der Waals surface area contributed by atoms with Crippen LogP contribution < -0.4 is 5.32 Å². The lowest BCUT2D eigenvalue weighted by Crippen LogP contribution is -2.51. The molecule has 3 N–H and O–H groups in total. The molecule has 1 amide bonds. The highest BCUT2D eigenvalue weighted by atomic mass is 35.5. The van der Waals surface area contributed by atoms with Crippen molar-refractivity contribution in [2.75, 3.05) is 13.2 Å². The van der Waals surface area contributed by atoms with Gasteiger partial charge in [0.1, 0.15) is 5.82 Å². The van der Waals surface area contributed by atoms with Crippen LogP contribution in [0.3, 0.4) is 0 Å². The van der Waals surface area contributed by atoms with E-state index in [4.69, 9.17) is 21.8 Å². The highest BCUT2D eigenvalue weighted by Gasteiger charge is 2.26. The Hall–Kier alpha value is -1.17. The Labute approximate surface area is 103 Å². The molecular weight excluding hydrogens is 249 g/mol. The van der Waals surface area contributed by atoms with Crippen LogP contribution in [0.2, 0.25) is 5.02 Å². The number of hydrogen-bond donors (Lipinski definition) is 3. The van der Waals surface area contributed by atoms with Gasteiger partial charge in [-0.1, -0.05) is 11.6 Å². The van der Waals surface area contributed by atoms with Crippen molar-refractivity contribution >= 4 is 17.5 Å². The van der Waals surface area contributed by atoms with Crippen molar-refractivity contribution in [2.45, 2.75) is 12.5 Å². The molecule has 1 aromatic carbocycles. The van der Waals surface area contributed by atoms with E-state index in [-0.39, 0.29) is 10.6 Å². The second kappa shape index (κ2) is 5.44. The molecule has 0 atom stereocenters. The molecule has 0 aliphatic rings. The van der Waals surface area contributed by atoms with Crippen molar-refractivity contribution in [1.29, 1.82) is 0 Å². The Morgan fingerprint density at radius 3 is 2.53 bits per heavy atom. The number of rotatable bonds is 4. The lowest BCUT2D eigenvalue weighted by Gasteiger charge is -2.26. The molecule has 4 nitrogen and oxygen atoms in total. The van der Waals surface area contributed by atoms with E-state index in [1.807, 2.05) is 0 Å². The van der Waals surface area contributed by atoms with Gasteiger partial charge in [0, 0.05) is 0 Å². The molecule has 1 rings (SSSR count). The van der Waals surface area contributed by atoms with E-state index in [1.165, 1.54) is 13.0 Å². The molecule has 0 saturated carbocycles. The van der Waals surface area contributed by atoms with Crippen molar-refractivity contribution in [3.05, 3.63) is 34.6 Å². The third-order valence-corrected chi connectivity index (χ3v) is 2.60. The fraction of sp³-hybridized carbons (Fsp3) is 0.364. The first-order valence-corrected chi connectivity index (χ1v) is 5.29. The first-order valence-electron chi connectivity index (χ1n) is 4.91. The van der Waals surface area contributed by atoms with E-state index in [1.54, 1.807) is 0 Å². The van der Waals surface area contributed by atoms with Crippen LogP contribution in [0.1, 0.15) is 17.3 Å². The Bertz CT molecular complexity index is 421. The second-order valence-electron chi connectivity index (χ2n) is 3.96. The summed E-state index contributed by atoms with van der Waals surface area (Å²) >= 11 is 5.71. The van der Waals surface area contributed by atoms with Crippen LogP contribution in [0.4, 0.5) is 4.39 Å². The van der Waals surface area contributed by atoms with Crippen LogP contribution in [-0.2, 0) is 0 Å². The van der Waals surface area contributed by atoms with E-state index >= 15 is 0 Å². The van der Waals surface area contributed by atoms with Gasteiger partial charge in [0.25, 0.3) is 5.91 Å². The van der Waals surface area contributed by atoms with Crippen LogP contribution in [0.25, 0.3) is 0 Å². The summed E-state index contributed by atoms with van der Waals surface area (Å²) in [7, 11) is 0. The maximum Gasteiger partial charge on any atom is 0.253 e. The normalized spacial score (nSPS) is 11.4. The summed E-state index contributed by atoms with van der Waals surface area (Å²) in [5.41, 5.74) is -1.06. The summed E-state index contributed by atoms with van der Waals surface area (Å²) in [6.45, 7) is 0.629. The molecule has 0 fully saturated rings. The van der Waals surface area contributed by atoms with Gasteiger partial charge in [0.05, 0.1) is 29.3 Å². The van der Waals surface area contributed by atoms with Gasteiger partial charge in [-0.3, -0.25) is 4.79 Å². The summed E-state index contributed by atoms with van der Waals surface area (Å²) in [4.78, 5) is 11.8. The molecule has 0 heterocycles. The van der Waals surface area contributed by atoms with Crippen LogP contribution in [0.15, 0.2) is 18.2 Å². The Kier molecular flexibility index (Phi) is 4.45. The van der Waals surface area contributed by atoms with Crippen molar-refractivity contribution in [1.82, 2.24) is 5.32 Å². The summed E-state index contributed by atoms with van der Waals surface area (Å²) in [6, 6.07) is 3.36. The lowest BCUT2D eigenvalue weighted by atomic mass is 10.0. The highest BCUT2D eigenvalue weighted by molar-refractivity contribution is 6.33. The van der Waals surface area contributed by atoms with Gasteiger partial charge in [0.2, 0.25) is 0 Å². The molecule has 6 heteroatoms. The van der Waals surface area contributed by atoms with Crippen LogP contribution in [0.5, 0.6) is 0 Å². The number of halogens is 2. The Morgan fingerprint density at radius 1 is 1.47 bits per heavy atom. The summed E-state index contributed by atoms with van der Waals surface area (Å²) in [5, 5.41) is 20.4. The number of hydrogen-bond acceptors (Lipinski definition) is 3. The molecule has 0 radical (unpaired) electrons. The molecule has 0 aliphatic carbocycles. The quantitative estimate of drug-likeness (QED) is 0.756. The maximum atomic E-state index is 12.8. The number of nitrogens with one attached hydrogen (secondary N) is 1. The van der Waals surface area contributed by atoms with Gasteiger partial charge in [-0.25, -0.2) is 4.39 Å². The molecule has 0 unspecified atom stereocenters. The van der Waals surface area contributed by atoms with Gasteiger partial charge in [0.15, 0.2) is 0 Å². The average Bonchev–Trinajstić information content (AvgIpc) is 2.28. The van der Waals surface area contributed by atoms with Gasteiger partial charge in [-0.15, -0.1) is 0 Å². The maximum absolute atomic E-state index is 12.8. The van der Waals surface area contributed by atoms with Crippen molar-refractivity contribution in [3.63, 3.8) is 0 Å². The predicted octanol–water partition coefficient (Wildman–Crippen LogP) is 0.952. The molecule has 0 spiro atoms. The van der Waals surface area contributed by atoms with Crippen molar-refractivity contribution in [3.8, 4) is 0 Å². The average molecular weight is 262 g/mol. The number of benzene rings is 1. The Morgan fingerprint density at radius 2 is 2.06 bits per heavy atom. The molecular formula is C11H13ClFNO3. The van der Waals surface area contributed by atoms with Gasteiger partial charge in [-0.2, -0.15) is 0 Å². The number of amides is 1. The minimum atomic E-state index is -1.14. The zero-order chi connectivity index (χ0) is 13.1. The molecule has 0 saturated heterocycles. The van der Waals surface area contributed by atoms with E-state index < -0.39 is 30.5 Å². The zero-order valence-corrected chi connectivity index (χ0v) is 9.96. The smallest absolute Gasteiger partial charge is 0.253 e. The predicted molar refractivity (Wildman–Crippen MR) is 61.5 cm³/mol. The molecule has 0 bridgehead atoms. The van der Waals surface area contributed by atoms with Crippen LogP contribution in [0, 0.1) is 5.82 Å². The monoisotopic (exact) mass is 261 g/mol. The first kappa shape index (κ1) is 13.9. The third kappa shape index (κ3) is 3.39. The van der Waals surface area contributed by atoms with Gasteiger partial charge >= 0.3 is 0 Å². The lowest BCUT2D eigenvalue weighted by molar-refractivity contribution is 0.0724. The highest BCUT2D eigenvalue weighted by Crippen LogP contribution is 2.18. The number of aliphatic hydroxyl groups is 2. The van der Waals surface area contributed by atoms with Gasteiger partial charge in [-0.05, 0) is 25.1 Å². The fourth-order valence-corrected chi connectivity index (χ4v) is 1.40. The van der Waals surface area contributed by atoms with E-state index in [0.717, 1.165) is 12.1 Å². The zero-order valence-electron chi connectivity index (χ0n) is 9.20. The summed E-state index contributed by atoms with van der Waals surface area (Å²) in [5.74, 6) is -1.13. The summed E-state index contributed by atoms with van der Waals surface area (Å²) < 4.78 is 12.8. The van der Waals surface area contributed by atoms with E-state index in [0.29, 0.717) is 0 Å². The SMILES string of the molecule is CC(CO)(CO)NC(=O)c1ccc(F)cc1Cl. The Balaban J connectivity index is 2.90. The molecule has 0 aliphatic heterocycles. The van der Waals surface area contributed by atoms with Gasteiger partial charge < -0.3 is 15.5 Å².